The maximum atomic E-state index is 12.2. The summed E-state index contributed by atoms with van der Waals surface area (Å²) in [6, 6.07) is 0. The van der Waals surface area contributed by atoms with Crippen molar-refractivity contribution in [3.05, 3.63) is 22.7 Å². The van der Waals surface area contributed by atoms with Crippen LogP contribution in [0.25, 0.3) is 0 Å². The van der Waals surface area contributed by atoms with Gasteiger partial charge < -0.3 is 29.2 Å². The summed E-state index contributed by atoms with van der Waals surface area (Å²) in [5, 5.41) is 20.9. The second kappa shape index (κ2) is 7.06. The van der Waals surface area contributed by atoms with Crippen LogP contribution in [0.5, 0.6) is 0 Å². The van der Waals surface area contributed by atoms with E-state index in [2.05, 4.69) is 18.9 Å². The van der Waals surface area contributed by atoms with Crippen LogP contribution in [0, 0.1) is 23.7 Å². The molecule has 0 aromatic heterocycles. The Balaban J connectivity index is 2.74. The molecule has 26 heavy (non-hydrogen) atoms. The molecule has 0 radical (unpaired) electrons. The number of carbonyl (C=O) groups is 4. The predicted molar refractivity (Wildman–Crippen MR) is 81.3 cm³/mol. The number of aliphatic hydroxyl groups excluding tert-OH is 2. The van der Waals surface area contributed by atoms with Crippen LogP contribution >= 0.6 is 0 Å². The molecule has 2 unspecified atom stereocenters. The van der Waals surface area contributed by atoms with Crippen molar-refractivity contribution in [2.24, 2.45) is 23.7 Å². The first-order valence-electron chi connectivity index (χ1n) is 7.45. The van der Waals surface area contributed by atoms with E-state index in [-0.39, 0.29) is 0 Å². The Morgan fingerprint density at radius 1 is 0.654 bits per heavy atom. The third-order valence-corrected chi connectivity index (χ3v) is 4.63. The Bertz CT molecular complexity index is 669. The lowest BCUT2D eigenvalue weighted by Crippen LogP contribution is -2.32. The molecule has 0 amide bonds. The van der Waals surface area contributed by atoms with Crippen molar-refractivity contribution in [2.75, 3.05) is 28.4 Å². The summed E-state index contributed by atoms with van der Waals surface area (Å²) in [5.41, 5.74) is -0.817. The smallest absolute Gasteiger partial charge is 0.337 e. The molecule has 0 saturated heterocycles. The van der Waals surface area contributed by atoms with Crippen molar-refractivity contribution < 1.29 is 48.3 Å². The fourth-order valence-electron chi connectivity index (χ4n) is 3.60. The number of rotatable bonds is 4. The average Bonchev–Trinajstić information content (AvgIpc) is 3.08. The quantitative estimate of drug-likeness (QED) is 0.503. The van der Waals surface area contributed by atoms with Gasteiger partial charge in [-0.2, -0.15) is 0 Å². The van der Waals surface area contributed by atoms with E-state index < -0.39 is 70.2 Å². The first kappa shape index (κ1) is 19.3. The third kappa shape index (κ3) is 2.57. The van der Waals surface area contributed by atoms with Crippen LogP contribution in [-0.2, 0) is 38.1 Å². The molecule has 0 bridgehead atoms. The first-order chi connectivity index (χ1) is 12.3. The fourth-order valence-corrected chi connectivity index (χ4v) is 3.60. The van der Waals surface area contributed by atoms with Gasteiger partial charge >= 0.3 is 23.9 Å². The van der Waals surface area contributed by atoms with Crippen LogP contribution in [0.4, 0.5) is 0 Å². The first-order valence-corrected chi connectivity index (χ1v) is 7.45. The number of aliphatic hydroxyl groups is 2. The van der Waals surface area contributed by atoms with Crippen molar-refractivity contribution in [1.82, 2.24) is 0 Å². The van der Waals surface area contributed by atoms with E-state index in [9.17, 15) is 29.4 Å². The second-order valence-electron chi connectivity index (χ2n) is 5.63. The van der Waals surface area contributed by atoms with Gasteiger partial charge in [0.25, 0.3) is 0 Å². The minimum absolute atomic E-state index is 0.409. The van der Waals surface area contributed by atoms with E-state index in [1.54, 1.807) is 0 Å². The van der Waals surface area contributed by atoms with Gasteiger partial charge in [-0.15, -0.1) is 0 Å². The van der Waals surface area contributed by atoms with Crippen molar-refractivity contribution in [3.63, 3.8) is 0 Å². The van der Waals surface area contributed by atoms with E-state index >= 15 is 0 Å². The molecular formula is C16H18O10. The molecule has 10 heteroatoms. The normalized spacial score (nSPS) is 27.1. The van der Waals surface area contributed by atoms with Crippen molar-refractivity contribution in [3.8, 4) is 0 Å². The number of hydrogen-bond donors (Lipinski definition) is 2. The van der Waals surface area contributed by atoms with E-state index in [4.69, 9.17) is 0 Å². The van der Waals surface area contributed by atoms with Gasteiger partial charge in [-0.1, -0.05) is 0 Å². The van der Waals surface area contributed by atoms with E-state index in [0.717, 1.165) is 28.4 Å². The zero-order valence-electron chi connectivity index (χ0n) is 14.5. The minimum atomic E-state index is -1.50. The molecule has 0 aliphatic heterocycles. The lowest BCUT2D eigenvalue weighted by molar-refractivity contribution is -0.150. The van der Waals surface area contributed by atoms with Gasteiger partial charge in [0.15, 0.2) is 0 Å². The average molecular weight is 370 g/mol. The molecule has 0 spiro atoms. The summed E-state index contributed by atoms with van der Waals surface area (Å²) in [5.74, 6) is -10.8. The van der Waals surface area contributed by atoms with Crippen molar-refractivity contribution >= 4 is 23.9 Å². The second-order valence-corrected chi connectivity index (χ2v) is 5.63. The van der Waals surface area contributed by atoms with Crippen LogP contribution < -0.4 is 0 Å². The van der Waals surface area contributed by atoms with Gasteiger partial charge in [0, 0.05) is 11.8 Å². The maximum Gasteiger partial charge on any atom is 0.337 e. The van der Waals surface area contributed by atoms with Gasteiger partial charge in [0.2, 0.25) is 0 Å². The number of methoxy groups -OCH3 is 4. The molecule has 142 valence electrons. The van der Waals surface area contributed by atoms with Crippen LogP contribution in [0.1, 0.15) is 0 Å². The zero-order chi connectivity index (χ0) is 19.8. The Labute approximate surface area is 148 Å². The highest BCUT2D eigenvalue weighted by Crippen LogP contribution is 2.56. The highest BCUT2D eigenvalue weighted by Gasteiger charge is 2.63. The fraction of sp³-hybridized carbons (Fsp3) is 0.500. The number of esters is 4. The molecule has 4 atom stereocenters. The number of fused-ring (bicyclic) bond motifs is 1. The Kier molecular flexibility index (Phi) is 5.24. The zero-order valence-corrected chi connectivity index (χ0v) is 14.5. The highest BCUT2D eigenvalue weighted by molar-refractivity contribution is 6.00. The molecule has 0 aromatic rings. The molecule has 2 N–H and O–H groups in total. The van der Waals surface area contributed by atoms with E-state index in [1.807, 2.05) is 0 Å². The molecule has 0 saturated carbocycles. The topological polar surface area (TPSA) is 146 Å². The summed E-state index contributed by atoms with van der Waals surface area (Å²) in [6.07, 6.45) is 0. The molecule has 0 fully saturated rings. The molecule has 2 aliphatic rings. The molecule has 2 aliphatic carbocycles. The molecule has 0 heterocycles. The third-order valence-electron chi connectivity index (χ3n) is 4.63. The molecule has 10 nitrogen and oxygen atoms in total. The largest absolute Gasteiger partial charge is 0.511 e. The lowest BCUT2D eigenvalue weighted by atomic mass is 9.81. The van der Waals surface area contributed by atoms with E-state index in [1.165, 1.54) is 0 Å². The number of carbonyl (C=O) groups excluding carboxylic acids is 4. The standard InChI is InChI=1S/C16H18O10/c1-23-13(19)7-5-6(9(11(7)17)15(21)25-3)10(16(22)26-4)12(18)8(5)14(20)24-2/h5-7,10,17-18H,1-4H3/t5-,6+,7?,10?/m1/s1. The van der Waals surface area contributed by atoms with Crippen molar-refractivity contribution in [2.45, 2.75) is 0 Å². The Morgan fingerprint density at radius 3 is 1.19 bits per heavy atom. The van der Waals surface area contributed by atoms with Crippen molar-refractivity contribution in [1.29, 1.82) is 0 Å². The summed E-state index contributed by atoms with van der Waals surface area (Å²) in [6.45, 7) is 0. The summed E-state index contributed by atoms with van der Waals surface area (Å²) < 4.78 is 18.5. The minimum Gasteiger partial charge on any atom is -0.511 e. The Morgan fingerprint density at radius 2 is 0.962 bits per heavy atom. The predicted octanol–water partition coefficient (Wildman–Crippen LogP) is -0.205. The van der Waals surface area contributed by atoms with Crippen LogP contribution in [0.2, 0.25) is 0 Å². The SMILES string of the molecule is COC(=O)C1=C(O)C(C(=O)OC)[C@@H]2C(C(=O)OC)=C(O)C(C(=O)OC)[C@H]12. The van der Waals surface area contributed by atoms with Gasteiger partial charge in [0.05, 0.1) is 39.6 Å². The van der Waals surface area contributed by atoms with E-state index in [0.29, 0.717) is 0 Å². The number of ether oxygens (including phenoxy) is 4. The summed E-state index contributed by atoms with van der Waals surface area (Å²) in [7, 11) is 4.18. The summed E-state index contributed by atoms with van der Waals surface area (Å²) in [4.78, 5) is 48.7. The maximum absolute atomic E-state index is 12.2. The van der Waals surface area contributed by atoms with Crippen LogP contribution in [0.15, 0.2) is 22.7 Å². The highest BCUT2D eigenvalue weighted by atomic mass is 16.5. The van der Waals surface area contributed by atoms with Crippen LogP contribution in [0.3, 0.4) is 0 Å². The lowest BCUT2D eigenvalue weighted by Gasteiger charge is -2.21. The Hall–Kier alpha value is -3.04. The van der Waals surface area contributed by atoms with Crippen LogP contribution in [-0.4, -0.2) is 62.5 Å². The van der Waals surface area contributed by atoms with Gasteiger partial charge in [-0.05, 0) is 0 Å². The van der Waals surface area contributed by atoms with Gasteiger partial charge in [0.1, 0.15) is 23.4 Å². The van der Waals surface area contributed by atoms with Gasteiger partial charge in [-0.3, -0.25) is 9.59 Å². The summed E-state index contributed by atoms with van der Waals surface area (Å²) >= 11 is 0. The molecule has 2 rings (SSSR count). The molecular weight excluding hydrogens is 352 g/mol. The van der Waals surface area contributed by atoms with Gasteiger partial charge in [-0.25, -0.2) is 9.59 Å². The molecule has 0 aromatic carbocycles. The monoisotopic (exact) mass is 370 g/mol. The number of hydrogen-bond acceptors (Lipinski definition) is 10.